The molecule has 0 spiro atoms. The summed E-state index contributed by atoms with van der Waals surface area (Å²) < 4.78 is 0. The first-order valence-electron chi connectivity index (χ1n) is 7.34. The molecule has 2 aliphatic rings. The maximum Gasteiger partial charge on any atom is 0.239 e. The predicted molar refractivity (Wildman–Crippen MR) is 78.0 cm³/mol. The molecular formula is C14H26N2OS. The van der Waals surface area contributed by atoms with Gasteiger partial charge in [0.05, 0.1) is 6.04 Å². The van der Waals surface area contributed by atoms with Gasteiger partial charge in [-0.1, -0.05) is 13.3 Å². The number of carbonyl (C=O) groups excluding carboxylic acids is 1. The molecule has 1 aliphatic carbocycles. The van der Waals surface area contributed by atoms with Gasteiger partial charge in [-0.3, -0.25) is 4.79 Å². The number of hydrogen-bond donors (Lipinski definition) is 1. The Morgan fingerprint density at radius 1 is 1.33 bits per heavy atom. The van der Waals surface area contributed by atoms with E-state index in [2.05, 4.69) is 23.4 Å². The van der Waals surface area contributed by atoms with Gasteiger partial charge in [0, 0.05) is 17.8 Å². The van der Waals surface area contributed by atoms with Crippen LogP contribution in [-0.4, -0.2) is 47.5 Å². The SMILES string of the molecule is CCCNC1CCCN(C2CCCC2SC)C1=O. The van der Waals surface area contributed by atoms with Crippen LogP contribution in [0.1, 0.15) is 45.4 Å². The lowest BCUT2D eigenvalue weighted by Gasteiger charge is -2.39. The number of likely N-dealkylation sites (tertiary alicyclic amines) is 1. The minimum absolute atomic E-state index is 0.0850. The van der Waals surface area contributed by atoms with Gasteiger partial charge in [0.2, 0.25) is 5.91 Å². The molecule has 2 rings (SSSR count). The summed E-state index contributed by atoms with van der Waals surface area (Å²) in [7, 11) is 0. The third-order valence-corrected chi connectivity index (χ3v) is 5.39. The van der Waals surface area contributed by atoms with E-state index in [0.29, 0.717) is 17.2 Å². The van der Waals surface area contributed by atoms with Gasteiger partial charge in [-0.05, 0) is 44.9 Å². The van der Waals surface area contributed by atoms with Gasteiger partial charge in [0.15, 0.2) is 0 Å². The Morgan fingerprint density at radius 3 is 2.89 bits per heavy atom. The summed E-state index contributed by atoms with van der Waals surface area (Å²) in [5, 5.41) is 4.07. The Bertz CT molecular complexity index is 285. The normalized spacial score (nSPS) is 33.1. The minimum Gasteiger partial charge on any atom is -0.337 e. The lowest BCUT2D eigenvalue weighted by Crippen LogP contribution is -2.55. The van der Waals surface area contributed by atoms with Crippen LogP contribution in [0.25, 0.3) is 0 Å². The molecule has 1 N–H and O–H groups in total. The molecule has 3 nitrogen and oxygen atoms in total. The second-order valence-electron chi connectivity index (χ2n) is 5.45. The summed E-state index contributed by atoms with van der Waals surface area (Å²) in [5.41, 5.74) is 0. The summed E-state index contributed by atoms with van der Waals surface area (Å²) in [5.74, 6) is 0.362. The predicted octanol–water partition coefficient (Wildman–Crippen LogP) is 2.26. The van der Waals surface area contributed by atoms with Crippen molar-refractivity contribution >= 4 is 17.7 Å². The van der Waals surface area contributed by atoms with Gasteiger partial charge in [-0.15, -0.1) is 0 Å². The molecule has 3 atom stereocenters. The van der Waals surface area contributed by atoms with Crippen molar-refractivity contribution < 1.29 is 4.79 Å². The van der Waals surface area contributed by atoms with Crippen molar-refractivity contribution in [2.45, 2.75) is 62.8 Å². The van der Waals surface area contributed by atoms with Crippen molar-refractivity contribution in [1.82, 2.24) is 10.2 Å². The first-order chi connectivity index (χ1) is 8.77. The van der Waals surface area contributed by atoms with Crippen LogP contribution in [0.3, 0.4) is 0 Å². The van der Waals surface area contributed by atoms with Crippen molar-refractivity contribution in [2.75, 3.05) is 19.3 Å². The van der Waals surface area contributed by atoms with Gasteiger partial charge in [0.1, 0.15) is 0 Å². The Kier molecular flexibility index (Phi) is 5.37. The molecule has 18 heavy (non-hydrogen) atoms. The molecule has 0 aromatic rings. The second-order valence-corrected chi connectivity index (χ2v) is 6.53. The van der Waals surface area contributed by atoms with E-state index in [4.69, 9.17) is 0 Å². The molecule has 1 saturated heterocycles. The zero-order valence-electron chi connectivity index (χ0n) is 11.7. The minimum atomic E-state index is 0.0850. The molecule has 1 aliphatic heterocycles. The van der Waals surface area contributed by atoms with Gasteiger partial charge >= 0.3 is 0 Å². The van der Waals surface area contributed by atoms with Crippen LogP contribution in [0.4, 0.5) is 0 Å². The number of thioether (sulfide) groups is 1. The first-order valence-corrected chi connectivity index (χ1v) is 8.63. The molecular weight excluding hydrogens is 244 g/mol. The summed E-state index contributed by atoms with van der Waals surface area (Å²) in [6.45, 7) is 4.09. The van der Waals surface area contributed by atoms with Crippen molar-refractivity contribution in [1.29, 1.82) is 0 Å². The van der Waals surface area contributed by atoms with Gasteiger partial charge < -0.3 is 10.2 Å². The lowest BCUT2D eigenvalue weighted by atomic mass is 10.0. The van der Waals surface area contributed by atoms with Crippen molar-refractivity contribution in [2.24, 2.45) is 0 Å². The van der Waals surface area contributed by atoms with Crippen LogP contribution in [0.2, 0.25) is 0 Å². The average Bonchev–Trinajstić information content (AvgIpc) is 2.85. The number of nitrogens with one attached hydrogen (secondary N) is 1. The Hall–Kier alpha value is -0.220. The summed E-state index contributed by atoms with van der Waals surface area (Å²) in [4.78, 5) is 14.7. The molecule has 2 fully saturated rings. The fourth-order valence-electron chi connectivity index (χ4n) is 3.27. The molecule has 1 amide bonds. The molecule has 104 valence electrons. The highest BCUT2D eigenvalue weighted by atomic mass is 32.2. The van der Waals surface area contributed by atoms with E-state index >= 15 is 0 Å². The standard InChI is InChI=1S/C14H26N2OS/c1-3-9-15-11-6-5-10-16(14(11)17)12-7-4-8-13(12)18-2/h11-13,15H,3-10H2,1-2H3. The quantitative estimate of drug-likeness (QED) is 0.832. The van der Waals surface area contributed by atoms with Crippen LogP contribution in [0, 0.1) is 0 Å². The Labute approximate surface area is 115 Å². The maximum atomic E-state index is 12.5. The van der Waals surface area contributed by atoms with E-state index in [1.165, 1.54) is 19.3 Å². The average molecular weight is 270 g/mol. The van der Waals surface area contributed by atoms with E-state index in [1.807, 2.05) is 11.8 Å². The molecule has 0 aromatic carbocycles. The molecule has 1 heterocycles. The maximum absolute atomic E-state index is 12.5. The van der Waals surface area contributed by atoms with Crippen LogP contribution in [-0.2, 0) is 4.79 Å². The van der Waals surface area contributed by atoms with Crippen LogP contribution >= 0.6 is 11.8 Å². The highest BCUT2D eigenvalue weighted by Gasteiger charge is 2.38. The fourth-order valence-corrected chi connectivity index (χ4v) is 4.27. The highest BCUT2D eigenvalue weighted by Crippen LogP contribution is 2.33. The van der Waals surface area contributed by atoms with Crippen LogP contribution < -0.4 is 5.32 Å². The first kappa shape index (κ1) is 14.2. The molecule has 0 aromatic heterocycles. The molecule has 1 saturated carbocycles. The smallest absolute Gasteiger partial charge is 0.239 e. The summed E-state index contributed by atoms with van der Waals surface area (Å²) >= 11 is 1.94. The third-order valence-electron chi connectivity index (χ3n) is 4.23. The summed E-state index contributed by atoms with van der Waals surface area (Å²) in [6, 6.07) is 0.584. The van der Waals surface area contributed by atoms with Crippen LogP contribution in [0.5, 0.6) is 0 Å². The van der Waals surface area contributed by atoms with Gasteiger partial charge in [-0.2, -0.15) is 11.8 Å². The zero-order valence-corrected chi connectivity index (χ0v) is 12.5. The van der Waals surface area contributed by atoms with Crippen molar-refractivity contribution in [3.05, 3.63) is 0 Å². The molecule has 0 bridgehead atoms. The Balaban J connectivity index is 1.97. The number of carbonyl (C=O) groups is 1. The van der Waals surface area contributed by atoms with E-state index in [-0.39, 0.29) is 6.04 Å². The molecule has 3 unspecified atom stereocenters. The highest BCUT2D eigenvalue weighted by molar-refractivity contribution is 7.99. The fraction of sp³-hybridized carbons (Fsp3) is 0.929. The van der Waals surface area contributed by atoms with E-state index < -0.39 is 0 Å². The number of rotatable bonds is 5. The topological polar surface area (TPSA) is 32.3 Å². The number of nitrogens with zero attached hydrogens (tertiary/aromatic N) is 1. The number of piperidine rings is 1. The van der Waals surface area contributed by atoms with E-state index in [0.717, 1.165) is 32.4 Å². The third kappa shape index (κ3) is 3.02. The lowest BCUT2D eigenvalue weighted by molar-refractivity contribution is -0.138. The van der Waals surface area contributed by atoms with Gasteiger partial charge in [-0.25, -0.2) is 0 Å². The second kappa shape index (κ2) is 6.80. The monoisotopic (exact) mass is 270 g/mol. The number of hydrogen-bond acceptors (Lipinski definition) is 3. The molecule has 0 radical (unpaired) electrons. The van der Waals surface area contributed by atoms with Crippen LogP contribution in [0.15, 0.2) is 0 Å². The van der Waals surface area contributed by atoms with E-state index in [1.54, 1.807) is 0 Å². The number of amides is 1. The van der Waals surface area contributed by atoms with Crippen molar-refractivity contribution in [3.63, 3.8) is 0 Å². The Morgan fingerprint density at radius 2 is 2.17 bits per heavy atom. The molecule has 4 heteroatoms. The summed E-state index contributed by atoms with van der Waals surface area (Å²) in [6.07, 6.45) is 9.23. The zero-order chi connectivity index (χ0) is 13.0. The largest absolute Gasteiger partial charge is 0.337 e. The van der Waals surface area contributed by atoms with E-state index in [9.17, 15) is 4.79 Å². The van der Waals surface area contributed by atoms with Crippen molar-refractivity contribution in [3.8, 4) is 0 Å². The van der Waals surface area contributed by atoms with Gasteiger partial charge in [0.25, 0.3) is 0 Å².